The molecule has 49 heavy (non-hydrogen) atoms. The van der Waals surface area contributed by atoms with Gasteiger partial charge < -0.3 is 33.3 Å². The summed E-state index contributed by atoms with van der Waals surface area (Å²) in [5.74, 6) is 0.162. The van der Waals surface area contributed by atoms with E-state index in [-0.39, 0.29) is 60.8 Å². The van der Waals surface area contributed by atoms with Crippen molar-refractivity contribution < 1.29 is 60.2 Å². The van der Waals surface area contributed by atoms with E-state index in [4.69, 9.17) is 48.8 Å². The molecule has 0 aliphatic carbocycles. The third-order valence-corrected chi connectivity index (χ3v) is 10.4. The van der Waals surface area contributed by atoms with Crippen molar-refractivity contribution in [3.63, 3.8) is 0 Å². The molecule has 10 atom stereocenters. The number of aromatic nitrogens is 8. The fourth-order valence-electron chi connectivity index (χ4n) is 5.69. The van der Waals surface area contributed by atoms with Crippen LogP contribution in [-0.2, 0) is 43.9 Å². The summed E-state index contributed by atoms with van der Waals surface area (Å²) in [5.41, 5.74) is 0.552. The van der Waals surface area contributed by atoms with Gasteiger partial charge in [0.2, 0.25) is 11.8 Å². The van der Waals surface area contributed by atoms with Crippen LogP contribution in [-0.4, -0.2) is 112 Å². The van der Waals surface area contributed by atoms with Gasteiger partial charge in [-0.15, -0.1) is 0 Å². The van der Waals surface area contributed by atoms with E-state index in [0.29, 0.717) is 0 Å². The topological polar surface area (TPSA) is 219 Å². The van der Waals surface area contributed by atoms with Gasteiger partial charge in [-0.05, 0) is 24.0 Å². The smallest absolute Gasteiger partial charge is 0.472 e. The predicted octanol–water partition coefficient (Wildman–Crippen LogP) is 1.71. The molecule has 9 rings (SSSR count). The van der Waals surface area contributed by atoms with Gasteiger partial charge >= 0.3 is 14.5 Å². The minimum absolute atomic E-state index is 0. The molecule has 2 N–H and O–H groups in total. The van der Waals surface area contributed by atoms with E-state index in [1.807, 2.05) is 0 Å². The van der Waals surface area contributed by atoms with Crippen LogP contribution in [0.3, 0.4) is 0 Å². The number of hydrogen-bond donors (Lipinski definition) is 2. The zero-order valence-corrected chi connectivity index (χ0v) is 28.2. The number of alkyl halides is 2. The number of nitrogens with zero attached hydrogens (tertiary/aromatic N) is 8. The summed E-state index contributed by atoms with van der Waals surface area (Å²) in [6.07, 6.45) is -5.47. The molecule has 25 heteroatoms. The summed E-state index contributed by atoms with van der Waals surface area (Å²) in [6.45, 7) is -5.73. The maximum Gasteiger partial charge on any atom is 0.472 e. The molecule has 0 saturated carbocycles. The molecule has 5 aliphatic rings. The molecule has 4 aromatic heterocycles. The van der Waals surface area contributed by atoms with Gasteiger partial charge in [0.05, 0.1) is 25.9 Å². The lowest BCUT2D eigenvalue weighted by atomic mass is 10.1. The maximum absolute atomic E-state index is 16.2. The van der Waals surface area contributed by atoms with Crippen LogP contribution in [0.5, 0.6) is 11.8 Å². The van der Waals surface area contributed by atoms with E-state index in [0.717, 1.165) is 0 Å². The first-order valence-corrected chi connectivity index (χ1v) is 18.3. The predicted molar refractivity (Wildman–Crippen MR) is 167 cm³/mol. The maximum atomic E-state index is 16.2. The Bertz CT molecular complexity index is 1860. The van der Waals surface area contributed by atoms with Gasteiger partial charge in [0.25, 0.3) is 0 Å². The number of phosphoric acid groups is 1. The molecule has 14 bridgehead atoms. The van der Waals surface area contributed by atoms with Gasteiger partial charge in [0, 0.05) is 0 Å². The summed E-state index contributed by atoms with van der Waals surface area (Å²) >= 11 is 5.17. The van der Waals surface area contributed by atoms with Crippen molar-refractivity contribution in [3.05, 3.63) is 37.5 Å². The van der Waals surface area contributed by atoms with Crippen LogP contribution in [0.1, 0.15) is 12.5 Å². The largest absolute Gasteiger partial charge is 0.472 e. The van der Waals surface area contributed by atoms with Crippen molar-refractivity contribution >= 4 is 62.2 Å². The lowest BCUT2D eigenvalue weighted by Gasteiger charge is -2.28. The second-order valence-electron chi connectivity index (χ2n) is 10.8. The van der Waals surface area contributed by atoms with Crippen molar-refractivity contribution in [1.29, 1.82) is 0 Å². The lowest BCUT2D eigenvalue weighted by Crippen LogP contribution is -2.37. The fourth-order valence-corrected chi connectivity index (χ4v) is 8.09. The summed E-state index contributed by atoms with van der Waals surface area (Å²) in [7, 11) is -5.09. The van der Waals surface area contributed by atoms with Crippen molar-refractivity contribution in [2.45, 2.75) is 49.2 Å². The van der Waals surface area contributed by atoms with Crippen LogP contribution in [0.15, 0.2) is 37.5 Å². The first kappa shape index (κ1) is 34.6. The Hall–Kier alpha value is -2.79. The fraction of sp³-hybridized carbons (Fsp3) is 0.500. The molecule has 0 radical (unpaired) electrons. The number of ether oxygens (including phenoxy) is 4. The van der Waals surface area contributed by atoms with Gasteiger partial charge in [-0.3, -0.25) is 22.7 Å². The van der Waals surface area contributed by atoms with Crippen molar-refractivity contribution in [3.8, 4) is 11.8 Å². The summed E-state index contributed by atoms with van der Waals surface area (Å²) in [5, 5.41) is 0. The summed E-state index contributed by atoms with van der Waals surface area (Å²) in [6, 6.07) is 0. The zero-order chi connectivity index (χ0) is 33.2. The quantitative estimate of drug-likeness (QED) is 0.192. The highest BCUT2D eigenvalue weighted by molar-refractivity contribution is 8.07. The monoisotopic (exact) mass is 766 g/mol. The first-order valence-electron chi connectivity index (χ1n) is 14.2. The van der Waals surface area contributed by atoms with Gasteiger partial charge in [-0.25, -0.2) is 33.3 Å². The van der Waals surface area contributed by atoms with Crippen LogP contribution in [0, 0.1) is 0 Å². The van der Waals surface area contributed by atoms with Gasteiger partial charge in [0.1, 0.15) is 50.3 Å². The molecule has 5 aliphatic heterocycles. The number of rotatable bonds is 0. The molecular weight excluding hydrogens is 740 g/mol. The second kappa shape index (κ2) is 13.4. The second-order valence-corrected chi connectivity index (χ2v) is 15.0. The highest BCUT2D eigenvalue weighted by atomic mass is 32.5. The lowest BCUT2D eigenvalue weighted by molar-refractivity contribution is -0.0624. The van der Waals surface area contributed by atoms with Crippen molar-refractivity contribution in [2.75, 3.05) is 26.4 Å². The van der Waals surface area contributed by atoms with E-state index in [1.165, 1.54) is 34.4 Å². The van der Waals surface area contributed by atoms with Crippen LogP contribution >= 0.6 is 28.0 Å². The molecule has 0 aromatic carbocycles. The van der Waals surface area contributed by atoms with Gasteiger partial charge in [-0.2, -0.15) is 23.5 Å². The van der Waals surface area contributed by atoms with Crippen molar-refractivity contribution in [1.82, 2.24) is 39.0 Å². The molecule has 4 aromatic rings. The molecule has 3 fully saturated rings. The number of imidazole rings is 2. The Kier molecular flexibility index (Phi) is 9.47. The summed E-state index contributed by atoms with van der Waals surface area (Å²) in [4.78, 5) is 46.8. The molecule has 9 heterocycles. The van der Waals surface area contributed by atoms with Gasteiger partial charge in [-0.1, -0.05) is 0 Å². The van der Waals surface area contributed by atoms with E-state index < -0.39 is 77.0 Å². The van der Waals surface area contributed by atoms with Crippen LogP contribution in [0.4, 0.5) is 8.78 Å². The van der Waals surface area contributed by atoms with E-state index >= 15 is 8.78 Å². The Morgan fingerprint density at radius 2 is 1.24 bits per heavy atom. The SMILES string of the molecule is O=P1(O)OC[C@H]2OC3[C@H](F)[C@@H]2OP(O)(=S)OC[C@H]2O[C@H]([C@H](F)[C@@H]2O1)n1cnc2c(ncnc21)OC/C=C/COc1ncnc2c1ncn23.S. The van der Waals surface area contributed by atoms with Gasteiger partial charge in [0.15, 0.2) is 47.1 Å². The number of halogens is 2. The number of hydrogen-bond acceptors (Lipinski definition) is 16. The third-order valence-electron chi connectivity index (χ3n) is 7.85. The van der Waals surface area contributed by atoms with Crippen LogP contribution in [0.2, 0.25) is 0 Å². The minimum Gasteiger partial charge on any atom is -0.472 e. The van der Waals surface area contributed by atoms with E-state index in [9.17, 15) is 14.4 Å². The van der Waals surface area contributed by atoms with E-state index in [2.05, 4.69) is 29.9 Å². The minimum atomic E-state index is -5.09. The molecule has 3 unspecified atom stereocenters. The Morgan fingerprint density at radius 1 is 0.755 bits per heavy atom. The van der Waals surface area contributed by atoms with Crippen LogP contribution < -0.4 is 9.47 Å². The van der Waals surface area contributed by atoms with E-state index in [1.54, 1.807) is 12.2 Å². The molecule has 0 amide bonds. The highest BCUT2D eigenvalue weighted by Crippen LogP contribution is 2.54. The molecular formula is C24H26F2N8O11P2S2. The Labute approximate surface area is 285 Å². The summed E-state index contributed by atoms with van der Waals surface area (Å²) < 4.78 is 92.6. The standard InChI is InChI=1S/C24H24F2N8O11P2S.H2S/c25-13-17-12-6-41-47(37,48)45-18-11(5-40-46(35,36)44-17)42-24(14(18)26)34-10-32-16-20(34)28-8-30-22(16)39-4-2-1-3-38-21-15-19(27-7-29-21)33(9-31-15)23(13)43-12;/h1-2,7-14,17-18,23-24H,3-6H2,(H,35,36)(H,37,48);1H2/b2-1+;/t11-,12-,13-,14-,17-,18-,23-,24?,47?;/m1./s1. The average Bonchev–Trinajstić information content (AvgIpc) is 3.81. The third kappa shape index (κ3) is 6.47. The molecule has 3 saturated heterocycles. The normalized spacial score (nSPS) is 37.2. The zero-order valence-electron chi connectivity index (χ0n) is 24.6. The molecule has 19 nitrogen and oxygen atoms in total. The van der Waals surface area contributed by atoms with Crippen LogP contribution in [0.25, 0.3) is 22.3 Å². The molecule has 0 spiro atoms. The number of phosphoric ester groups is 1. The average molecular weight is 767 g/mol. The molecule has 264 valence electrons. The first-order chi connectivity index (χ1) is 23.1. The number of fused-ring (bicyclic) bond motifs is 10. The Morgan fingerprint density at radius 3 is 1.78 bits per heavy atom. The van der Waals surface area contributed by atoms with Crippen molar-refractivity contribution in [2.24, 2.45) is 0 Å². The highest BCUT2D eigenvalue weighted by Gasteiger charge is 2.54. The Balaban J connectivity index is 0.00000378.